The molecule has 1 atom stereocenters. The van der Waals surface area contributed by atoms with Crippen LogP contribution in [0.5, 0.6) is 0 Å². The molecule has 2 aliphatic rings. The molecule has 0 amide bonds. The first-order chi connectivity index (χ1) is 19.4. The first kappa shape index (κ1) is 28.0. The van der Waals surface area contributed by atoms with E-state index in [1.165, 1.54) is 36.8 Å². The van der Waals surface area contributed by atoms with Crippen LogP contribution in [0.15, 0.2) is 56.7 Å². The highest BCUT2D eigenvalue weighted by molar-refractivity contribution is 7.11. The van der Waals surface area contributed by atoms with Gasteiger partial charge in [0.1, 0.15) is 18.1 Å². The van der Waals surface area contributed by atoms with Gasteiger partial charge in [-0.25, -0.2) is 19.2 Å². The summed E-state index contributed by atoms with van der Waals surface area (Å²) >= 11 is 7.87. The van der Waals surface area contributed by atoms with Gasteiger partial charge in [-0.3, -0.25) is 9.79 Å². The van der Waals surface area contributed by atoms with Gasteiger partial charge in [-0.1, -0.05) is 17.7 Å². The molecule has 9 nitrogen and oxygen atoms in total. The van der Waals surface area contributed by atoms with Gasteiger partial charge in [0.05, 0.1) is 31.4 Å². The normalized spacial score (nSPS) is 21.0. The van der Waals surface area contributed by atoms with Gasteiger partial charge >= 0.3 is 11.9 Å². The maximum absolute atomic E-state index is 13.9. The number of methoxy groups -OCH3 is 1. The van der Waals surface area contributed by atoms with Crippen molar-refractivity contribution >= 4 is 40.7 Å². The molecule has 3 aromatic rings. The number of ether oxygens (including phenoxy) is 2. The van der Waals surface area contributed by atoms with Crippen LogP contribution in [-0.4, -0.2) is 41.5 Å². The van der Waals surface area contributed by atoms with E-state index in [4.69, 9.17) is 30.5 Å². The third-order valence-electron chi connectivity index (χ3n) is 7.06. The Kier molecular flexibility index (Phi) is 8.60. The summed E-state index contributed by atoms with van der Waals surface area (Å²) in [7, 11) is 1.32. The van der Waals surface area contributed by atoms with Gasteiger partial charge in [0.25, 0.3) is 0 Å². The van der Waals surface area contributed by atoms with Crippen LogP contribution in [0.25, 0.3) is 0 Å². The van der Waals surface area contributed by atoms with Crippen LogP contribution in [0.1, 0.15) is 66.7 Å². The number of benzene rings is 1. The number of carbonyl (C=O) groups is 2. The molecule has 3 heterocycles. The molecule has 1 unspecified atom stereocenters. The fourth-order valence-corrected chi connectivity index (χ4v) is 6.06. The second kappa shape index (κ2) is 12.3. The lowest BCUT2D eigenvalue weighted by Crippen LogP contribution is -2.37. The maximum atomic E-state index is 13.9. The lowest BCUT2D eigenvalue weighted by Gasteiger charge is -2.34. The monoisotopic (exact) mass is 586 g/mol. The summed E-state index contributed by atoms with van der Waals surface area (Å²) in [5.41, 5.74) is 2.08. The molecule has 1 N–H and O–H groups in total. The summed E-state index contributed by atoms with van der Waals surface area (Å²) in [5.74, 6) is -0.192. The van der Waals surface area contributed by atoms with Crippen molar-refractivity contribution in [3.8, 4) is 0 Å². The number of rotatable bonds is 8. The number of aromatic nitrogens is 2. The molecule has 40 heavy (non-hydrogen) atoms. The van der Waals surface area contributed by atoms with Gasteiger partial charge in [-0.05, 0) is 50.7 Å². The smallest absolute Gasteiger partial charge is 0.338 e. The third-order valence-corrected chi connectivity index (χ3v) is 8.16. The highest BCUT2D eigenvalue weighted by Gasteiger charge is 2.38. The Hall–Kier alpha value is -3.57. The topological polar surface area (TPSA) is 116 Å². The number of nitrogens with one attached hydrogen (secondary N) is 1. The molecule has 1 fully saturated rings. The second-order valence-electron chi connectivity index (χ2n) is 9.53. The summed E-state index contributed by atoms with van der Waals surface area (Å²) in [5, 5.41) is 6.05. The lowest BCUT2D eigenvalue weighted by molar-refractivity contribution is -0.142. The summed E-state index contributed by atoms with van der Waals surface area (Å²) in [6, 6.07) is 3.26. The number of aliphatic imine (C=N–C) groups is 1. The zero-order valence-electron chi connectivity index (χ0n) is 22.0. The van der Waals surface area contributed by atoms with E-state index in [1.807, 2.05) is 5.38 Å². The van der Waals surface area contributed by atoms with Gasteiger partial charge in [-0.15, -0.1) is 11.3 Å². The van der Waals surface area contributed by atoms with Gasteiger partial charge in [-0.2, -0.15) is 0 Å². The van der Waals surface area contributed by atoms with Crippen LogP contribution in [0, 0.1) is 11.7 Å². The molecule has 210 valence electrons. The standard InChI is InChI=1S/C28H28ClFN4O5S/c1-3-38-21(35)13-18-14-39-26(32-18)16-6-4-15(5-7-16)23-22(28(36)37-2)24(19-9-8-17(30)12-20(19)29)34-25(33-23)27-31-10-11-40-27/h8-12,14-16,24H,3-7,13H2,1-2H3,(H,33,34). The average Bonchev–Trinajstić information content (AvgIpc) is 3.65. The van der Waals surface area contributed by atoms with Crippen LogP contribution in [0.4, 0.5) is 4.39 Å². The van der Waals surface area contributed by atoms with Crippen molar-refractivity contribution in [1.82, 2.24) is 15.3 Å². The molecule has 12 heteroatoms. The van der Waals surface area contributed by atoms with Gasteiger partial charge < -0.3 is 19.2 Å². The molecule has 5 rings (SSSR count). The highest BCUT2D eigenvalue weighted by atomic mass is 35.5. The first-order valence-electron chi connectivity index (χ1n) is 13.0. The maximum Gasteiger partial charge on any atom is 0.338 e. The largest absolute Gasteiger partial charge is 0.466 e. The SMILES string of the molecule is CCOC(=O)Cc1coc(C2CCC(C3=C(C(=O)OC)C(c4ccc(F)cc4Cl)N=C(c4nccs4)N3)CC2)n1. The Balaban J connectivity index is 1.43. The fraction of sp³-hybridized carbons (Fsp3) is 0.393. The Morgan fingerprint density at radius 3 is 2.67 bits per heavy atom. The molecule has 2 aromatic heterocycles. The van der Waals surface area contributed by atoms with Crippen molar-refractivity contribution < 1.29 is 27.9 Å². The zero-order chi connectivity index (χ0) is 28.2. The Morgan fingerprint density at radius 1 is 1.23 bits per heavy atom. The lowest BCUT2D eigenvalue weighted by atomic mass is 9.78. The molecule has 0 radical (unpaired) electrons. The number of carbonyl (C=O) groups excluding carboxylic acids is 2. The molecule has 1 aliphatic heterocycles. The van der Waals surface area contributed by atoms with Crippen LogP contribution in [0.2, 0.25) is 5.02 Å². The summed E-state index contributed by atoms with van der Waals surface area (Å²) in [6.45, 7) is 2.07. The van der Waals surface area contributed by atoms with Crippen LogP contribution in [-0.2, 0) is 25.5 Å². The zero-order valence-corrected chi connectivity index (χ0v) is 23.6. The number of esters is 2. The van der Waals surface area contributed by atoms with E-state index >= 15 is 0 Å². The Morgan fingerprint density at radius 2 is 2.00 bits per heavy atom. The van der Waals surface area contributed by atoms with Crippen molar-refractivity contribution in [3.05, 3.63) is 80.3 Å². The minimum Gasteiger partial charge on any atom is -0.466 e. The van der Waals surface area contributed by atoms with Gasteiger partial charge in [0.15, 0.2) is 16.7 Å². The molecular formula is C28H28ClFN4O5S. The second-order valence-corrected chi connectivity index (χ2v) is 10.8. The molecule has 1 saturated carbocycles. The van der Waals surface area contributed by atoms with Crippen molar-refractivity contribution in [2.24, 2.45) is 10.9 Å². The van der Waals surface area contributed by atoms with Gasteiger partial charge in [0.2, 0.25) is 0 Å². The average molecular weight is 587 g/mol. The van der Waals surface area contributed by atoms with Crippen molar-refractivity contribution in [1.29, 1.82) is 0 Å². The Labute approximate surface area is 239 Å². The van der Waals surface area contributed by atoms with Crippen LogP contribution >= 0.6 is 22.9 Å². The first-order valence-corrected chi connectivity index (χ1v) is 14.3. The van der Waals surface area contributed by atoms with E-state index < -0.39 is 17.8 Å². The quantitative estimate of drug-likeness (QED) is 0.343. The van der Waals surface area contributed by atoms with Crippen molar-refractivity contribution in [2.45, 2.75) is 51.0 Å². The summed E-state index contributed by atoms with van der Waals surface area (Å²) in [4.78, 5) is 38.8. The van der Waals surface area contributed by atoms with E-state index in [2.05, 4.69) is 15.3 Å². The molecule has 0 bridgehead atoms. The van der Waals surface area contributed by atoms with E-state index in [9.17, 15) is 14.0 Å². The minimum atomic E-state index is -0.800. The van der Waals surface area contributed by atoms with Crippen molar-refractivity contribution in [2.75, 3.05) is 13.7 Å². The van der Waals surface area contributed by atoms with E-state index in [0.717, 1.165) is 25.7 Å². The summed E-state index contributed by atoms with van der Waals surface area (Å²) < 4.78 is 29.8. The molecule has 1 aliphatic carbocycles. The molecular weight excluding hydrogens is 559 g/mol. The van der Waals surface area contributed by atoms with Crippen LogP contribution in [0.3, 0.4) is 0 Å². The number of halogens is 2. The number of allylic oxidation sites excluding steroid dienone is 1. The molecule has 1 aromatic carbocycles. The minimum absolute atomic E-state index is 0.0218. The predicted octanol–water partition coefficient (Wildman–Crippen LogP) is 5.52. The number of nitrogens with zero attached hydrogens (tertiary/aromatic N) is 3. The van der Waals surface area contributed by atoms with Gasteiger partial charge in [0, 0.05) is 33.8 Å². The molecule has 0 spiro atoms. The summed E-state index contributed by atoms with van der Waals surface area (Å²) in [6.07, 6.45) is 6.24. The van der Waals surface area contributed by atoms with E-state index in [-0.39, 0.29) is 29.2 Å². The third kappa shape index (κ3) is 5.95. The number of amidine groups is 1. The Bertz CT molecular complexity index is 1450. The molecule has 0 saturated heterocycles. The number of oxazole rings is 1. The number of hydrogen-bond donors (Lipinski definition) is 1. The fourth-order valence-electron chi connectivity index (χ4n) is 5.20. The van der Waals surface area contributed by atoms with E-state index in [0.29, 0.717) is 45.9 Å². The number of thiazole rings is 1. The van der Waals surface area contributed by atoms with E-state index in [1.54, 1.807) is 19.2 Å². The number of hydrogen-bond acceptors (Lipinski definition) is 10. The van der Waals surface area contributed by atoms with Crippen molar-refractivity contribution in [3.63, 3.8) is 0 Å². The van der Waals surface area contributed by atoms with Crippen LogP contribution < -0.4 is 5.32 Å². The highest BCUT2D eigenvalue weighted by Crippen LogP contribution is 2.43. The predicted molar refractivity (Wildman–Crippen MR) is 147 cm³/mol.